The van der Waals surface area contributed by atoms with Crippen LogP contribution in [-0.2, 0) is 6.54 Å². The van der Waals surface area contributed by atoms with Crippen LogP contribution in [0.1, 0.15) is 4.88 Å². The van der Waals surface area contributed by atoms with Gasteiger partial charge in [-0.2, -0.15) is 0 Å². The molecule has 0 spiro atoms. The molecule has 2 rings (SSSR count). The molecule has 2 aromatic rings. The number of hydrogen-bond donors (Lipinski definition) is 2. The molecule has 2 aromatic heterocycles. The van der Waals surface area contributed by atoms with Gasteiger partial charge in [-0.05, 0) is 12.1 Å². The molecule has 0 aliphatic heterocycles. The Bertz CT molecular complexity index is 398. The normalized spacial score (nSPS) is 10.1. The van der Waals surface area contributed by atoms with Crippen LogP contribution in [0.3, 0.4) is 0 Å². The summed E-state index contributed by atoms with van der Waals surface area (Å²) in [6, 6.07) is 5.69. The minimum atomic E-state index is 0.529. The van der Waals surface area contributed by atoms with Crippen LogP contribution in [0, 0.1) is 0 Å². The third-order valence-electron chi connectivity index (χ3n) is 1.65. The van der Waals surface area contributed by atoms with Gasteiger partial charge in [-0.1, -0.05) is 6.07 Å². The molecule has 0 amide bonds. The molecule has 0 aliphatic rings. The average molecular weight is 206 g/mol. The first-order valence-electron chi connectivity index (χ1n) is 4.21. The fraction of sp³-hybridized carbons (Fsp3) is 0.111. The van der Waals surface area contributed by atoms with Crippen LogP contribution >= 0.6 is 11.3 Å². The summed E-state index contributed by atoms with van der Waals surface area (Å²) in [6.45, 7) is 0.529. The van der Waals surface area contributed by atoms with E-state index in [1.807, 2.05) is 18.2 Å². The maximum absolute atomic E-state index is 5.48. The van der Waals surface area contributed by atoms with Gasteiger partial charge in [0.2, 0.25) is 0 Å². The molecule has 0 aromatic carbocycles. The number of pyridine rings is 1. The van der Waals surface area contributed by atoms with Crippen molar-refractivity contribution >= 4 is 22.3 Å². The van der Waals surface area contributed by atoms with Crippen molar-refractivity contribution in [3.8, 4) is 0 Å². The lowest BCUT2D eigenvalue weighted by Gasteiger charge is -1.98. The standard InChI is InChI=1S/C9H10N4S/c10-5-7-6-12-9(14-7)13-8-3-1-2-4-11-8/h1-4,6H,5,10H2,(H,11,12,13). The van der Waals surface area contributed by atoms with E-state index in [9.17, 15) is 0 Å². The largest absolute Gasteiger partial charge is 0.326 e. The lowest BCUT2D eigenvalue weighted by molar-refractivity contribution is 1.10. The van der Waals surface area contributed by atoms with Gasteiger partial charge in [-0.15, -0.1) is 11.3 Å². The monoisotopic (exact) mass is 206 g/mol. The van der Waals surface area contributed by atoms with Gasteiger partial charge in [0, 0.05) is 23.8 Å². The summed E-state index contributed by atoms with van der Waals surface area (Å²) in [4.78, 5) is 9.36. The number of anilines is 2. The van der Waals surface area contributed by atoms with E-state index in [1.54, 1.807) is 23.7 Å². The average Bonchev–Trinajstić information content (AvgIpc) is 2.67. The van der Waals surface area contributed by atoms with Crippen LogP contribution in [0.5, 0.6) is 0 Å². The van der Waals surface area contributed by atoms with Crippen molar-refractivity contribution in [1.29, 1.82) is 0 Å². The smallest absolute Gasteiger partial charge is 0.188 e. The molecule has 0 saturated carbocycles. The second-order valence-corrected chi connectivity index (χ2v) is 3.79. The summed E-state index contributed by atoms with van der Waals surface area (Å²) in [7, 11) is 0. The van der Waals surface area contributed by atoms with E-state index >= 15 is 0 Å². The first-order chi connectivity index (χ1) is 6.88. The van der Waals surface area contributed by atoms with Gasteiger partial charge >= 0.3 is 0 Å². The van der Waals surface area contributed by atoms with Crippen LogP contribution in [0.2, 0.25) is 0 Å². The van der Waals surface area contributed by atoms with Crippen LogP contribution in [0.25, 0.3) is 0 Å². The van der Waals surface area contributed by atoms with Crippen molar-refractivity contribution in [3.05, 3.63) is 35.5 Å². The molecule has 2 heterocycles. The maximum Gasteiger partial charge on any atom is 0.188 e. The summed E-state index contributed by atoms with van der Waals surface area (Å²) < 4.78 is 0. The zero-order chi connectivity index (χ0) is 9.80. The Morgan fingerprint density at radius 2 is 2.29 bits per heavy atom. The molecule has 14 heavy (non-hydrogen) atoms. The molecule has 0 saturated heterocycles. The van der Waals surface area contributed by atoms with Gasteiger partial charge in [-0.25, -0.2) is 9.97 Å². The molecule has 0 fully saturated rings. The fourth-order valence-corrected chi connectivity index (χ4v) is 1.70. The number of hydrogen-bond acceptors (Lipinski definition) is 5. The van der Waals surface area contributed by atoms with Crippen molar-refractivity contribution < 1.29 is 0 Å². The zero-order valence-corrected chi connectivity index (χ0v) is 8.29. The lowest BCUT2D eigenvalue weighted by Crippen LogP contribution is -1.91. The summed E-state index contributed by atoms with van der Waals surface area (Å²) in [5.74, 6) is 0.797. The Balaban J connectivity index is 2.11. The molecule has 4 nitrogen and oxygen atoms in total. The Hall–Kier alpha value is -1.46. The van der Waals surface area contributed by atoms with Crippen LogP contribution in [0.15, 0.2) is 30.6 Å². The number of rotatable bonds is 3. The van der Waals surface area contributed by atoms with Crippen molar-refractivity contribution in [3.63, 3.8) is 0 Å². The van der Waals surface area contributed by atoms with Gasteiger partial charge in [0.05, 0.1) is 0 Å². The Labute approximate surface area is 85.8 Å². The summed E-state index contributed by atoms with van der Waals surface area (Å²) in [5.41, 5.74) is 5.48. The van der Waals surface area contributed by atoms with E-state index in [1.165, 1.54) is 0 Å². The second-order valence-electron chi connectivity index (χ2n) is 2.68. The Kier molecular flexibility index (Phi) is 2.71. The van der Waals surface area contributed by atoms with Crippen LogP contribution in [0.4, 0.5) is 10.9 Å². The molecular weight excluding hydrogens is 196 g/mol. The highest BCUT2D eigenvalue weighted by atomic mass is 32.1. The fourth-order valence-electron chi connectivity index (χ4n) is 1.01. The molecule has 0 aliphatic carbocycles. The molecule has 0 atom stereocenters. The number of nitrogens with two attached hydrogens (primary N) is 1. The van der Waals surface area contributed by atoms with Crippen molar-refractivity contribution in [2.24, 2.45) is 5.73 Å². The Morgan fingerprint density at radius 1 is 1.36 bits per heavy atom. The molecule has 3 N–H and O–H groups in total. The molecule has 0 radical (unpaired) electrons. The molecule has 0 unspecified atom stereocenters. The molecule has 5 heteroatoms. The van der Waals surface area contributed by atoms with E-state index in [0.29, 0.717) is 6.54 Å². The number of aromatic nitrogens is 2. The van der Waals surface area contributed by atoms with Gasteiger partial charge < -0.3 is 11.1 Å². The van der Waals surface area contributed by atoms with E-state index in [4.69, 9.17) is 5.73 Å². The number of nitrogens with one attached hydrogen (secondary N) is 1. The first-order valence-corrected chi connectivity index (χ1v) is 5.03. The molecule has 72 valence electrons. The lowest BCUT2D eigenvalue weighted by atomic mass is 10.5. The second kappa shape index (κ2) is 4.17. The van der Waals surface area contributed by atoms with Gasteiger partial charge in [0.15, 0.2) is 5.13 Å². The van der Waals surface area contributed by atoms with E-state index in [-0.39, 0.29) is 0 Å². The zero-order valence-electron chi connectivity index (χ0n) is 7.47. The molecule has 0 bridgehead atoms. The topological polar surface area (TPSA) is 63.8 Å². The summed E-state index contributed by atoms with van der Waals surface area (Å²) in [5, 5.41) is 3.92. The Morgan fingerprint density at radius 3 is 2.93 bits per heavy atom. The quantitative estimate of drug-likeness (QED) is 0.803. The SMILES string of the molecule is NCc1cnc(Nc2ccccn2)s1. The summed E-state index contributed by atoms with van der Waals surface area (Å²) in [6.07, 6.45) is 3.51. The number of thiazole rings is 1. The van der Waals surface area contributed by atoms with Gasteiger partial charge in [-0.3, -0.25) is 0 Å². The minimum Gasteiger partial charge on any atom is -0.326 e. The third kappa shape index (κ3) is 2.07. The van der Waals surface area contributed by atoms with Gasteiger partial charge in [0.25, 0.3) is 0 Å². The predicted molar refractivity (Wildman–Crippen MR) is 57.5 cm³/mol. The molecular formula is C9H10N4S. The third-order valence-corrected chi connectivity index (χ3v) is 2.59. The minimum absolute atomic E-state index is 0.529. The van der Waals surface area contributed by atoms with Crippen LogP contribution in [-0.4, -0.2) is 9.97 Å². The van der Waals surface area contributed by atoms with Gasteiger partial charge in [0.1, 0.15) is 5.82 Å². The van der Waals surface area contributed by atoms with Crippen LogP contribution < -0.4 is 11.1 Å². The van der Waals surface area contributed by atoms with Crippen molar-refractivity contribution in [2.45, 2.75) is 6.54 Å². The highest BCUT2D eigenvalue weighted by molar-refractivity contribution is 7.15. The van der Waals surface area contributed by atoms with E-state index < -0.39 is 0 Å². The van der Waals surface area contributed by atoms with Crippen molar-refractivity contribution in [2.75, 3.05) is 5.32 Å². The van der Waals surface area contributed by atoms with Crippen molar-refractivity contribution in [1.82, 2.24) is 9.97 Å². The predicted octanol–water partition coefficient (Wildman–Crippen LogP) is 1.74. The summed E-state index contributed by atoms with van der Waals surface area (Å²) >= 11 is 1.54. The highest BCUT2D eigenvalue weighted by Gasteiger charge is 2.00. The first kappa shape index (κ1) is 9.11. The number of nitrogens with zero attached hydrogens (tertiary/aromatic N) is 2. The van der Waals surface area contributed by atoms with E-state index in [0.717, 1.165) is 15.8 Å². The highest BCUT2D eigenvalue weighted by Crippen LogP contribution is 2.20. The maximum atomic E-state index is 5.48. The van der Waals surface area contributed by atoms with E-state index in [2.05, 4.69) is 15.3 Å².